The van der Waals surface area contributed by atoms with Gasteiger partial charge < -0.3 is 0 Å². The standard InChI is InChI=1S/C24H10S4/c1-3-5-7-9-15-11-21-23(25-15)17-13-18-20(14-19(17)27-21)28-22-12-16(26-24(18)22)10-8-6-4-2/h11-14H,1-2H3. The van der Waals surface area contributed by atoms with Crippen molar-refractivity contribution in [1.82, 2.24) is 0 Å². The van der Waals surface area contributed by atoms with Gasteiger partial charge in [-0.05, 0) is 73.6 Å². The summed E-state index contributed by atoms with van der Waals surface area (Å²) in [6.07, 6.45) is 0. The first-order chi connectivity index (χ1) is 13.8. The molecule has 0 bridgehead atoms. The molecule has 4 aromatic heterocycles. The lowest BCUT2D eigenvalue weighted by Crippen LogP contribution is -1.65. The molecule has 0 saturated heterocycles. The van der Waals surface area contributed by atoms with Crippen molar-refractivity contribution in [3.8, 4) is 47.4 Å². The fraction of sp³-hybridized carbons (Fsp3) is 0.0833. The summed E-state index contributed by atoms with van der Waals surface area (Å²) in [7, 11) is 0. The summed E-state index contributed by atoms with van der Waals surface area (Å²) in [5.74, 6) is 23.4. The molecule has 0 fully saturated rings. The third-order valence-electron chi connectivity index (χ3n) is 4.15. The maximum atomic E-state index is 3.15. The largest absolute Gasteiger partial charge is 0.134 e. The maximum absolute atomic E-state index is 3.15. The molecule has 0 atom stereocenters. The van der Waals surface area contributed by atoms with E-state index in [2.05, 4.69) is 71.6 Å². The summed E-state index contributed by atoms with van der Waals surface area (Å²) < 4.78 is 7.94. The minimum atomic E-state index is 1.08. The molecule has 0 N–H and O–H groups in total. The lowest BCUT2D eigenvalue weighted by atomic mass is 10.2. The van der Waals surface area contributed by atoms with Gasteiger partial charge in [-0.1, -0.05) is 11.8 Å². The maximum Gasteiger partial charge on any atom is 0.0799 e. The Balaban J connectivity index is 1.70. The highest BCUT2D eigenvalue weighted by atomic mass is 32.1. The molecule has 5 aromatic rings. The summed E-state index contributed by atoms with van der Waals surface area (Å²) in [5.41, 5.74) is 0. The third kappa shape index (κ3) is 2.89. The van der Waals surface area contributed by atoms with Crippen LogP contribution >= 0.6 is 45.3 Å². The van der Waals surface area contributed by atoms with Crippen LogP contribution < -0.4 is 0 Å². The highest BCUT2D eigenvalue weighted by Gasteiger charge is 2.14. The van der Waals surface area contributed by atoms with E-state index in [1.54, 1.807) is 36.5 Å². The van der Waals surface area contributed by atoms with Gasteiger partial charge >= 0.3 is 0 Å². The van der Waals surface area contributed by atoms with E-state index in [0.29, 0.717) is 0 Å². The van der Waals surface area contributed by atoms with E-state index < -0.39 is 0 Å². The minimum absolute atomic E-state index is 1.08. The SMILES string of the molecule is CC#CC#Cc1cc2sc3cc4sc5cc(C#CC#CC)sc5c4cc3c2s1. The predicted octanol–water partition coefficient (Wildman–Crippen LogP) is 7.30. The van der Waals surface area contributed by atoms with Gasteiger partial charge in [0.25, 0.3) is 0 Å². The second kappa shape index (κ2) is 7.04. The minimum Gasteiger partial charge on any atom is -0.134 e. The van der Waals surface area contributed by atoms with E-state index in [-0.39, 0.29) is 0 Å². The Morgan fingerprint density at radius 3 is 1.50 bits per heavy atom. The Morgan fingerprint density at radius 1 is 0.536 bits per heavy atom. The summed E-state index contributed by atoms with van der Waals surface area (Å²) in [6.45, 7) is 3.61. The summed E-state index contributed by atoms with van der Waals surface area (Å²) in [4.78, 5) is 2.15. The van der Waals surface area contributed by atoms with Gasteiger partial charge in [-0.2, -0.15) is 0 Å². The smallest absolute Gasteiger partial charge is 0.0799 e. The Bertz CT molecular complexity index is 1530. The first-order valence-electron chi connectivity index (χ1n) is 8.44. The topological polar surface area (TPSA) is 0 Å². The van der Waals surface area contributed by atoms with Crippen molar-refractivity contribution in [2.24, 2.45) is 0 Å². The van der Waals surface area contributed by atoms with E-state index in [9.17, 15) is 0 Å². The first kappa shape index (κ1) is 17.4. The van der Waals surface area contributed by atoms with E-state index in [1.807, 2.05) is 22.7 Å². The molecule has 0 aliphatic carbocycles. The van der Waals surface area contributed by atoms with Crippen LogP contribution in [0.3, 0.4) is 0 Å². The second-order valence-electron chi connectivity index (χ2n) is 5.91. The molecule has 4 heterocycles. The normalized spacial score (nSPS) is 10.1. The van der Waals surface area contributed by atoms with Crippen LogP contribution in [0.2, 0.25) is 0 Å². The lowest BCUT2D eigenvalue weighted by molar-refractivity contribution is 1.92. The number of hydrogen-bond donors (Lipinski definition) is 0. The van der Waals surface area contributed by atoms with Crippen LogP contribution in [0.25, 0.3) is 39.0 Å². The zero-order chi connectivity index (χ0) is 19.1. The fourth-order valence-corrected chi connectivity index (χ4v) is 7.89. The summed E-state index contributed by atoms with van der Waals surface area (Å²) >= 11 is 7.20. The van der Waals surface area contributed by atoms with Gasteiger partial charge in [-0.3, -0.25) is 0 Å². The van der Waals surface area contributed by atoms with Crippen LogP contribution in [-0.2, 0) is 0 Å². The van der Waals surface area contributed by atoms with Crippen molar-refractivity contribution in [3.63, 3.8) is 0 Å². The molecule has 0 amide bonds. The van der Waals surface area contributed by atoms with Gasteiger partial charge in [0.05, 0.1) is 19.2 Å². The average molecular weight is 427 g/mol. The zero-order valence-electron chi connectivity index (χ0n) is 14.9. The quantitative estimate of drug-likeness (QED) is 0.228. The predicted molar refractivity (Wildman–Crippen MR) is 129 cm³/mol. The number of thiophene rings is 4. The molecule has 0 spiro atoms. The number of hydrogen-bond acceptors (Lipinski definition) is 4. The van der Waals surface area contributed by atoms with Crippen molar-refractivity contribution in [3.05, 3.63) is 34.0 Å². The first-order valence-corrected chi connectivity index (χ1v) is 11.7. The average Bonchev–Trinajstić information content (AvgIpc) is 3.39. The van der Waals surface area contributed by atoms with Gasteiger partial charge in [-0.15, -0.1) is 45.3 Å². The van der Waals surface area contributed by atoms with Gasteiger partial charge in [0.15, 0.2) is 0 Å². The number of fused-ring (bicyclic) bond motifs is 6. The molecule has 0 nitrogen and oxygen atoms in total. The molecule has 5 rings (SSSR count). The molecule has 0 radical (unpaired) electrons. The molecular formula is C24H10S4. The van der Waals surface area contributed by atoms with E-state index >= 15 is 0 Å². The number of benzene rings is 1. The molecule has 0 saturated carbocycles. The van der Waals surface area contributed by atoms with Crippen LogP contribution in [0, 0.1) is 47.4 Å². The van der Waals surface area contributed by atoms with E-state index in [1.165, 1.54) is 39.0 Å². The van der Waals surface area contributed by atoms with Crippen molar-refractivity contribution in [2.45, 2.75) is 13.8 Å². The van der Waals surface area contributed by atoms with Crippen LogP contribution in [0.15, 0.2) is 24.3 Å². The summed E-state index contributed by atoms with van der Waals surface area (Å²) in [6, 6.07) is 9.06. The molecule has 28 heavy (non-hydrogen) atoms. The molecule has 0 unspecified atom stereocenters. The van der Waals surface area contributed by atoms with Crippen molar-refractivity contribution in [1.29, 1.82) is 0 Å². The van der Waals surface area contributed by atoms with Gasteiger partial charge in [0.1, 0.15) is 0 Å². The Hall–Kier alpha value is -2.70. The van der Waals surface area contributed by atoms with Gasteiger partial charge in [0, 0.05) is 29.6 Å². The zero-order valence-corrected chi connectivity index (χ0v) is 18.2. The van der Waals surface area contributed by atoms with Crippen LogP contribution in [0.4, 0.5) is 0 Å². The number of rotatable bonds is 0. The van der Waals surface area contributed by atoms with E-state index in [0.717, 1.165) is 9.75 Å². The van der Waals surface area contributed by atoms with Crippen LogP contribution in [0.1, 0.15) is 23.6 Å². The third-order valence-corrected chi connectivity index (χ3v) is 8.78. The molecule has 4 heteroatoms. The Labute approximate surface area is 178 Å². The molecular weight excluding hydrogens is 417 g/mol. The van der Waals surface area contributed by atoms with Crippen LogP contribution in [-0.4, -0.2) is 0 Å². The highest BCUT2D eigenvalue weighted by molar-refractivity contribution is 7.34. The van der Waals surface area contributed by atoms with Crippen molar-refractivity contribution < 1.29 is 0 Å². The highest BCUT2D eigenvalue weighted by Crippen LogP contribution is 2.45. The summed E-state index contributed by atoms with van der Waals surface area (Å²) in [5, 5.41) is 2.65. The Morgan fingerprint density at radius 2 is 1.04 bits per heavy atom. The monoisotopic (exact) mass is 426 g/mol. The molecule has 130 valence electrons. The van der Waals surface area contributed by atoms with Crippen molar-refractivity contribution in [2.75, 3.05) is 0 Å². The van der Waals surface area contributed by atoms with Crippen LogP contribution in [0.5, 0.6) is 0 Å². The second-order valence-corrected chi connectivity index (χ2v) is 10.2. The van der Waals surface area contributed by atoms with E-state index in [4.69, 9.17) is 0 Å². The molecule has 0 aliphatic rings. The lowest BCUT2D eigenvalue weighted by Gasteiger charge is -1.92. The van der Waals surface area contributed by atoms with Gasteiger partial charge in [-0.25, -0.2) is 0 Å². The molecule has 1 aromatic carbocycles. The van der Waals surface area contributed by atoms with Crippen molar-refractivity contribution >= 4 is 84.3 Å². The molecule has 0 aliphatic heterocycles. The Kier molecular flexibility index (Phi) is 4.37. The fourth-order valence-electron chi connectivity index (χ4n) is 3.03. The van der Waals surface area contributed by atoms with Gasteiger partial charge in [0.2, 0.25) is 0 Å².